The summed E-state index contributed by atoms with van der Waals surface area (Å²) in [5.74, 6) is 0.903. The molecule has 0 radical (unpaired) electrons. The zero-order chi connectivity index (χ0) is 11.6. The van der Waals surface area contributed by atoms with Crippen LogP contribution in [0.15, 0.2) is 23.2 Å². The van der Waals surface area contributed by atoms with Crippen LogP contribution >= 0.6 is 11.9 Å². The molecule has 0 aromatic carbocycles. The van der Waals surface area contributed by atoms with E-state index >= 15 is 0 Å². The third-order valence-corrected chi connectivity index (χ3v) is 3.25. The van der Waals surface area contributed by atoms with Gasteiger partial charge in [-0.2, -0.15) is 0 Å². The van der Waals surface area contributed by atoms with Gasteiger partial charge in [0.1, 0.15) is 10.8 Å². The molecule has 5 heteroatoms. The number of anilines is 1. The smallest absolute Gasteiger partial charge is 0.127 e. The lowest BCUT2D eigenvalue weighted by molar-refractivity contribution is 0.457. The number of nitrogens with zero attached hydrogens (tertiary/aromatic N) is 1. The molecule has 0 spiro atoms. The summed E-state index contributed by atoms with van der Waals surface area (Å²) >= 11 is 1.17. The van der Waals surface area contributed by atoms with Crippen LogP contribution in [0.25, 0.3) is 0 Å². The van der Waals surface area contributed by atoms with Crippen LogP contribution in [0.3, 0.4) is 0 Å². The topological polar surface area (TPSA) is 63.0 Å². The Morgan fingerprint density at radius 3 is 3.00 bits per heavy atom. The van der Waals surface area contributed by atoms with Crippen LogP contribution in [0.5, 0.6) is 0 Å². The van der Waals surface area contributed by atoms with Crippen molar-refractivity contribution in [2.75, 3.05) is 11.9 Å². The number of aromatic nitrogens is 1. The van der Waals surface area contributed by atoms with E-state index in [0.717, 1.165) is 23.8 Å². The Labute approximate surface area is 101 Å². The number of nitrogens with two attached hydrogens (primary N) is 1. The van der Waals surface area contributed by atoms with Crippen molar-refractivity contribution >= 4 is 17.8 Å². The summed E-state index contributed by atoms with van der Waals surface area (Å²) < 4.78 is 0. The van der Waals surface area contributed by atoms with Crippen LogP contribution in [0.4, 0.5) is 5.82 Å². The van der Waals surface area contributed by atoms with Crippen molar-refractivity contribution in [1.29, 1.82) is 0 Å². The van der Waals surface area contributed by atoms with Gasteiger partial charge in [-0.1, -0.05) is 6.07 Å². The molecule has 2 rings (SSSR count). The number of hydrogen-bond acceptors (Lipinski definition) is 5. The van der Waals surface area contributed by atoms with E-state index < -0.39 is 0 Å². The molecule has 1 aromatic rings. The summed E-state index contributed by atoms with van der Waals surface area (Å²) in [5.41, 5.74) is 0.220. The third kappa shape index (κ3) is 2.87. The van der Waals surface area contributed by atoms with Crippen molar-refractivity contribution in [2.45, 2.75) is 36.9 Å². The van der Waals surface area contributed by atoms with Crippen molar-refractivity contribution < 1.29 is 0 Å². The first-order chi connectivity index (χ1) is 7.59. The summed E-state index contributed by atoms with van der Waals surface area (Å²) in [6.07, 6.45) is 1.11. The standard InChI is InChI=1S/C11H18N4S/c1-11(2)6-8(7-13-11)14-9-4-3-5-10(15-9)16-12/h3-5,8,13H,6-7,12H2,1-2H3,(H,14,15). The van der Waals surface area contributed by atoms with E-state index in [2.05, 4.69) is 29.5 Å². The van der Waals surface area contributed by atoms with E-state index in [1.165, 1.54) is 11.9 Å². The van der Waals surface area contributed by atoms with Gasteiger partial charge in [-0.15, -0.1) is 0 Å². The molecule has 4 N–H and O–H groups in total. The molecule has 2 heterocycles. The summed E-state index contributed by atoms with van der Waals surface area (Å²) in [4.78, 5) is 4.40. The molecule has 4 nitrogen and oxygen atoms in total. The Bertz CT molecular complexity index is 367. The number of pyridine rings is 1. The van der Waals surface area contributed by atoms with Gasteiger partial charge in [-0.05, 0) is 44.3 Å². The van der Waals surface area contributed by atoms with Crippen molar-refractivity contribution in [2.24, 2.45) is 5.14 Å². The van der Waals surface area contributed by atoms with Gasteiger partial charge in [0, 0.05) is 18.1 Å². The van der Waals surface area contributed by atoms with Crippen LogP contribution in [-0.2, 0) is 0 Å². The maximum atomic E-state index is 5.48. The first kappa shape index (κ1) is 11.7. The van der Waals surface area contributed by atoms with Gasteiger partial charge in [-0.25, -0.2) is 4.98 Å². The molecule has 1 aromatic heterocycles. The highest BCUT2D eigenvalue weighted by atomic mass is 32.2. The van der Waals surface area contributed by atoms with Gasteiger partial charge >= 0.3 is 0 Å². The fourth-order valence-corrected chi connectivity index (χ4v) is 2.34. The van der Waals surface area contributed by atoms with Gasteiger partial charge in [0.2, 0.25) is 0 Å². The lowest BCUT2D eigenvalue weighted by Gasteiger charge is -2.17. The Kier molecular flexibility index (Phi) is 3.37. The van der Waals surface area contributed by atoms with E-state index in [9.17, 15) is 0 Å². The summed E-state index contributed by atoms with van der Waals surface area (Å²) in [7, 11) is 0. The van der Waals surface area contributed by atoms with E-state index in [1.54, 1.807) is 0 Å². The Hall–Kier alpha value is -0.780. The number of nitrogens with one attached hydrogen (secondary N) is 2. The SMILES string of the molecule is CC1(C)CC(Nc2cccc(SN)n2)CN1. The molecule has 0 amide bonds. The highest BCUT2D eigenvalue weighted by Crippen LogP contribution is 2.21. The van der Waals surface area contributed by atoms with Crippen LogP contribution in [0.2, 0.25) is 0 Å². The average Bonchev–Trinajstić information content (AvgIpc) is 2.58. The zero-order valence-corrected chi connectivity index (χ0v) is 10.5. The lowest BCUT2D eigenvalue weighted by atomic mass is 10.0. The second kappa shape index (κ2) is 4.61. The van der Waals surface area contributed by atoms with E-state index in [1.807, 2.05) is 18.2 Å². The lowest BCUT2D eigenvalue weighted by Crippen LogP contribution is -2.31. The van der Waals surface area contributed by atoms with Crippen molar-refractivity contribution in [3.05, 3.63) is 18.2 Å². The monoisotopic (exact) mass is 238 g/mol. The predicted octanol–water partition coefficient (Wildman–Crippen LogP) is 1.60. The highest BCUT2D eigenvalue weighted by molar-refractivity contribution is 7.97. The maximum absolute atomic E-state index is 5.48. The van der Waals surface area contributed by atoms with Crippen molar-refractivity contribution in [3.63, 3.8) is 0 Å². The fourth-order valence-electron chi connectivity index (χ4n) is 2.03. The van der Waals surface area contributed by atoms with Crippen LogP contribution in [0.1, 0.15) is 20.3 Å². The van der Waals surface area contributed by atoms with Gasteiger partial charge in [-0.3, -0.25) is 5.14 Å². The molecule has 88 valence electrons. The molecule has 1 fully saturated rings. The maximum Gasteiger partial charge on any atom is 0.127 e. The van der Waals surface area contributed by atoms with E-state index in [0.29, 0.717) is 6.04 Å². The van der Waals surface area contributed by atoms with Crippen molar-refractivity contribution in [3.8, 4) is 0 Å². The second-order valence-corrected chi connectivity index (χ2v) is 5.44. The predicted molar refractivity (Wildman–Crippen MR) is 68.4 cm³/mol. The first-order valence-electron chi connectivity index (χ1n) is 5.44. The average molecular weight is 238 g/mol. The number of hydrogen-bond donors (Lipinski definition) is 3. The molecular weight excluding hydrogens is 220 g/mol. The van der Waals surface area contributed by atoms with E-state index in [4.69, 9.17) is 5.14 Å². The quantitative estimate of drug-likeness (QED) is 0.698. The van der Waals surface area contributed by atoms with Crippen LogP contribution < -0.4 is 15.8 Å². The molecule has 1 unspecified atom stereocenters. The minimum absolute atomic E-state index is 0.220. The molecule has 16 heavy (non-hydrogen) atoms. The highest BCUT2D eigenvalue weighted by Gasteiger charge is 2.30. The van der Waals surface area contributed by atoms with Gasteiger partial charge in [0.05, 0.1) is 0 Å². The van der Waals surface area contributed by atoms with Gasteiger partial charge in [0.15, 0.2) is 0 Å². The zero-order valence-electron chi connectivity index (χ0n) is 9.66. The normalized spacial score (nSPS) is 23.3. The first-order valence-corrected chi connectivity index (χ1v) is 6.32. The molecular formula is C11H18N4S. The van der Waals surface area contributed by atoms with Gasteiger partial charge < -0.3 is 10.6 Å². The molecule has 0 bridgehead atoms. The molecule has 1 atom stereocenters. The second-order valence-electron chi connectivity index (χ2n) is 4.79. The Morgan fingerprint density at radius 2 is 2.38 bits per heavy atom. The summed E-state index contributed by atoms with van der Waals surface area (Å²) in [5, 5.41) is 13.2. The molecule has 1 saturated heterocycles. The Morgan fingerprint density at radius 1 is 1.56 bits per heavy atom. The summed E-state index contributed by atoms with van der Waals surface area (Å²) in [6, 6.07) is 6.30. The van der Waals surface area contributed by atoms with Gasteiger partial charge in [0.25, 0.3) is 0 Å². The minimum Gasteiger partial charge on any atom is -0.366 e. The van der Waals surface area contributed by atoms with E-state index in [-0.39, 0.29) is 5.54 Å². The van der Waals surface area contributed by atoms with Crippen molar-refractivity contribution in [1.82, 2.24) is 10.3 Å². The van der Waals surface area contributed by atoms with Crippen LogP contribution in [-0.4, -0.2) is 23.1 Å². The molecule has 1 aliphatic rings. The Balaban J connectivity index is 1.99. The third-order valence-electron chi connectivity index (χ3n) is 2.78. The fraction of sp³-hybridized carbons (Fsp3) is 0.545. The minimum atomic E-state index is 0.220. The number of rotatable bonds is 3. The largest absolute Gasteiger partial charge is 0.366 e. The summed E-state index contributed by atoms with van der Waals surface area (Å²) in [6.45, 7) is 5.41. The molecule has 0 saturated carbocycles. The molecule has 1 aliphatic heterocycles. The molecule has 0 aliphatic carbocycles. The van der Waals surface area contributed by atoms with Crippen LogP contribution in [0, 0.1) is 0 Å².